The van der Waals surface area contributed by atoms with Gasteiger partial charge in [0.05, 0.1) is 0 Å². The minimum atomic E-state index is 0.747. The van der Waals surface area contributed by atoms with Crippen molar-refractivity contribution in [3.05, 3.63) is 0 Å². The first-order chi connectivity index (χ1) is 9.83. The fraction of sp³-hybridized carbons (Fsp3) is 1.00. The van der Waals surface area contributed by atoms with E-state index >= 15 is 0 Å². The molecule has 4 fully saturated rings. The van der Waals surface area contributed by atoms with Gasteiger partial charge in [-0.15, -0.1) is 0 Å². The zero-order valence-electron chi connectivity index (χ0n) is 13.3. The van der Waals surface area contributed by atoms with Gasteiger partial charge in [0, 0.05) is 13.1 Å². The zero-order chi connectivity index (χ0) is 13.7. The van der Waals surface area contributed by atoms with E-state index in [1.54, 1.807) is 0 Å². The van der Waals surface area contributed by atoms with Crippen molar-refractivity contribution in [2.75, 3.05) is 26.2 Å². The van der Waals surface area contributed by atoms with Gasteiger partial charge in [-0.3, -0.25) is 0 Å². The molecule has 0 aromatic rings. The topological polar surface area (TPSA) is 24.1 Å². The Morgan fingerprint density at radius 3 is 1.25 bits per heavy atom. The van der Waals surface area contributed by atoms with Crippen molar-refractivity contribution in [1.29, 1.82) is 0 Å². The Kier molecular flexibility index (Phi) is 5.04. The Bertz CT molecular complexity index is 256. The van der Waals surface area contributed by atoms with Crippen LogP contribution in [-0.2, 0) is 0 Å². The summed E-state index contributed by atoms with van der Waals surface area (Å²) in [4.78, 5) is 0. The molecule has 0 amide bonds. The van der Waals surface area contributed by atoms with E-state index < -0.39 is 0 Å². The highest BCUT2D eigenvalue weighted by Crippen LogP contribution is 2.45. The van der Waals surface area contributed by atoms with Crippen LogP contribution < -0.4 is 10.6 Å². The van der Waals surface area contributed by atoms with Gasteiger partial charge in [0.2, 0.25) is 0 Å². The molecule has 0 atom stereocenters. The van der Waals surface area contributed by atoms with Gasteiger partial charge in [-0.2, -0.15) is 0 Å². The van der Waals surface area contributed by atoms with E-state index in [-0.39, 0.29) is 0 Å². The largest absolute Gasteiger partial charge is 0.316 e. The van der Waals surface area contributed by atoms with Crippen LogP contribution in [0.1, 0.15) is 77.0 Å². The second kappa shape index (κ2) is 6.79. The molecule has 0 bridgehead atoms. The summed E-state index contributed by atoms with van der Waals surface area (Å²) in [5, 5.41) is 7.02. The average Bonchev–Trinajstić information content (AvgIpc) is 2.49. The van der Waals surface area contributed by atoms with E-state index in [0.717, 1.165) is 10.8 Å². The lowest BCUT2D eigenvalue weighted by molar-refractivity contribution is 0.0935. The quantitative estimate of drug-likeness (QED) is 0.703. The summed E-state index contributed by atoms with van der Waals surface area (Å²) >= 11 is 0. The van der Waals surface area contributed by atoms with E-state index in [2.05, 4.69) is 10.6 Å². The Balaban J connectivity index is 0.000000123. The van der Waals surface area contributed by atoms with Gasteiger partial charge in [0.25, 0.3) is 0 Å². The standard InChI is InChI=1S/C10H19N.C8H15N/c1-2-5-10(6-3-1)7-4-8-11-9-10;1-3-8(4-1)5-2-6-9-7-8/h11H,1-9H2;9H,1-7H2. The van der Waals surface area contributed by atoms with E-state index in [0.29, 0.717) is 0 Å². The zero-order valence-corrected chi connectivity index (χ0v) is 13.3. The molecule has 2 saturated carbocycles. The third-order valence-electron chi connectivity index (χ3n) is 6.45. The smallest absolute Gasteiger partial charge is 0.000781 e. The van der Waals surface area contributed by atoms with Crippen LogP contribution in [0, 0.1) is 10.8 Å². The van der Waals surface area contributed by atoms with Crippen molar-refractivity contribution in [3.63, 3.8) is 0 Å². The number of nitrogens with one attached hydrogen (secondary N) is 2. The van der Waals surface area contributed by atoms with Gasteiger partial charge in [0.15, 0.2) is 0 Å². The number of rotatable bonds is 0. The number of hydrogen-bond acceptors (Lipinski definition) is 2. The Hall–Kier alpha value is -0.0800. The first-order valence-electron chi connectivity index (χ1n) is 9.24. The van der Waals surface area contributed by atoms with Crippen molar-refractivity contribution in [1.82, 2.24) is 10.6 Å². The molecule has 2 spiro atoms. The van der Waals surface area contributed by atoms with Gasteiger partial charge in [-0.1, -0.05) is 25.7 Å². The summed E-state index contributed by atoms with van der Waals surface area (Å²) in [6.45, 7) is 5.16. The summed E-state index contributed by atoms with van der Waals surface area (Å²) in [6.07, 6.45) is 17.8. The second-order valence-electron chi connectivity index (χ2n) is 7.97. The van der Waals surface area contributed by atoms with Crippen molar-refractivity contribution in [2.45, 2.75) is 77.0 Å². The molecule has 4 aliphatic rings. The summed E-state index contributed by atoms with van der Waals surface area (Å²) in [5.41, 5.74) is 1.54. The van der Waals surface area contributed by atoms with Gasteiger partial charge in [0.1, 0.15) is 0 Å². The molecule has 2 heterocycles. The molecular weight excluding hydrogens is 244 g/mol. The molecule has 2 saturated heterocycles. The van der Waals surface area contributed by atoms with Crippen LogP contribution in [0.5, 0.6) is 0 Å². The average molecular weight is 278 g/mol. The maximum absolute atomic E-state index is 3.55. The minimum Gasteiger partial charge on any atom is -0.316 e. The normalized spacial score (nSPS) is 31.2. The van der Waals surface area contributed by atoms with E-state index in [9.17, 15) is 0 Å². The molecule has 2 heteroatoms. The third kappa shape index (κ3) is 3.57. The highest BCUT2D eigenvalue weighted by Gasteiger charge is 2.37. The minimum absolute atomic E-state index is 0.747. The van der Waals surface area contributed by atoms with Gasteiger partial charge >= 0.3 is 0 Å². The highest BCUT2D eigenvalue weighted by molar-refractivity contribution is 4.91. The van der Waals surface area contributed by atoms with E-state index in [1.165, 1.54) is 103 Å². The first-order valence-corrected chi connectivity index (χ1v) is 9.24. The molecule has 2 aliphatic carbocycles. The van der Waals surface area contributed by atoms with Crippen LogP contribution >= 0.6 is 0 Å². The highest BCUT2D eigenvalue weighted by atomic mass is 14.9. The fourth-order valence-electron chi connectivity index (χ4n) is 4.89. The molecule has 2 aliphatic heterocycles. The van der Waals surface area contributed by atoms with Gasteiger partial charge in [-0.05, 0) is 75.3 Å². The van der Waals surface area contributed by atoms with Crippen LogP contribution in [0.15, 0.2) is 0 Å². The number of piperidine rings is 2. The van der Waals surface area contributed by atoms with Gasteiger partial charge in [-0.25, -0.2) is 0 Å². The Labute approximate surface area is 125 Å². The lowest BCUT2D eigenvalue weighted by Crippen LogP contribution is -2.44. The van der Waals surface area contributed by atoms with Crippen LogP contribution in [0.2, 0.25) is 0 Å². The Morgan fingerprint density at radius 2 is 0.900 bits per heavy atom. The predicted octanol–water partition coefficient (Wildman–Crippen LogP) is 3.86. The van der Waals surface area contributed by atoms with Crippen LogP contribution in [0.25, 0.3) is 0 Å². The molecular formula is C18H34N2. The molecule has 20 heavy (non-hydrogen) atoms. The first kappa shape index (κ1) is 14.8. The maximum atomic E-state index is 3.55. The second-order valence-corrected chi connectivity index (χ2v) is 7.97. The van der Waals surface area contributed by atoms with Crippen molar-refractivity contribution < 1.29 is 0 Å². The molecule has 116 valence electrons. The summed E-state index contributed by atoms with van der Waals surface area (Å²) in [5.74, 6) is 0. The molecule has 0 aromatic carbocycles. The molecule has 0 unspecified atom stereocenters. The summed E-state index contributed by atoms with van der Waals surface area (Å²) in [6, 6.07) is 0. The van der Waals surface area contributed by atoms with Crippen LogP contribution in [0.3, 0.4) is 0 Å². The van der Waals surface area contributed by atoms with Gasteiger partial charge < -0.3 is 10.6 Å². The molecule has 4 rings (SSSR count). The molecule has 0 radical (unpaired) electrons. The molecule has 0 aromatic heterocycles. The lowest BCUT2D eigenvalue weighted by atomic mass is 9.65. The third-order valence-corrected chi connectivity index (χ3v) is 6.45. The summed E-state index contributed by atoms with van der Waals surface area (Å²) in [7, 11) is 0. The van der Waals surface area contributed by atoms with Crippen molar-refractivity contribution in [2.24, 2.45) is 10.8 Å². The predicted molar refractivity (Wildman–Crippen MR) is 86.0 cm³/mol. The van der Waals surface area contributed by atoms with E-state index in [4.69, 9.17) is 0 Å². The lowest BCUT2D eigenvalue weighted by Gasteiger charge is -2.45. The van der Waals surface area contributed by atoms with Crippen LogP contribution in [-0.4, -0.2) is 26.2 Å². The number of hydrogen-bond donors (Lipinski definition) is 2. The van der Waals surface area contributed by atoms with Crippen LogP contribution in [0.4, 0.5) is 0 Å². The fourth-order valence-corrected chi connectivity index (χ4v) is 4.89. The SMILES string of the molecule is C1CCC2(CC1)CCCNC2.C1CNCC2(C1)CCC2. The van der Waals surface area contributed by atoms with Crippen molar-refractivity contribution >= 4 is 0 Å². The van der Waals surface area contributed by atoms with Crippen molar-refractivity contribution in [3.8, 4) is 0 Å². The maximum Gasteiger partial charge on any atom is 0.000781 e. The Morgan fingerprint density at radius 1 is 0.450 bits per heavy atom. The monoisotopic (exact) mass is 278 g/mol. The molecule has 2 N–H and O–H groups in total. The summed E-state index contributed by atoms with van der Waals surface area (Å²) < 4.78 is 0. The van der Waals surface area contributed by atoms with E-state index in [1.807, 2.05) is 0 Å². The molecule has 2 nitrogen and oxygen atoms in total.